The van der Waals surface area contributed by atoms with E-state index in [1.165, 1.54) is 24.4 Å². The number of aliphatic carboxylic acids is 1. The Bertz CT molecular complexity index is 1710. The van der Waals surface area contributed by atoms with Gasteiger partial charge in [-0.2, -0.15) is 0 Å². The van der Waals surface area contributed by atoms with Crippen molar-refractivity contribution >= 4 is 30.0 Å². The number of carbonyl (C=O) groups excluding carboxylic acids is 4. The Morgan fingerprint density at radius 2 is 1.58 bits per heavy atom. The van der Waals surface area contributed by atoms with Gasteiger partial charge in [0.05, 0.1) is 17.3 Å². The molecule has 1 aliphatic heterocycles. The van der Waals surface area contributed by atoms with E-state index in [9.17, 15) is 29.1 Å². The van der Waals surface area contributed by atoms with E-state index in [-0.39, 0.29) is 22.5 Å². The number of aromatic nitrogens is 3. The van der Waals surface area contributed by atoms with Gasteiger partial charge >= 0.3 is 18.2 Å². The zero-order valence-corrected chi connectivity index (χ0v) is 27.5. The predicted octanol–water partition coefficient (Wildman–Crippen LogP) is 3.48. The molecule has 2 N–H and O–H groups in total. The highest BCUT2D eigenvalue weighted by Crippen LogP contribution is 2.24. The summed E-state index contributed by atoms with van der Waals surface area (Å²) in [5.41, 5.74) is -1.00. The van der Waals surface area contributed by atoms with E-state index in [1.54, 1.807) is 81.3 Å². The number of imide groups is 1. The highest BCUT2D eigenvalue weighted by atomic mass is 16.7. The van der Waals surface area contributed by atoms with Crippen LogP contribution in [0.4, 0.5) is 9.59 Å². The van der Waals surface area contributed by atoms with Crippen molar-refractivity contribution in [2.24, 2.45) is 4.99 Å². The minimum Gasteiger partial charge on any atom is -0.489 e. The van der Waals surface area contributed by atoms with Crippen LogP contribution in [-0.4, -0.2) is 84.7 Å². The summed E-state index contributed by atoms with van der Waals surface area (Å²) in [6, 6.07) is 9.11. The first-order valence-corrected chi connectivity index (χ1v) is 15.0. The second-order valence-corrected chi connectivity index (χ2v) is 12.6. The van der Waals surface area contributed by atoms with Crippen molar-refractivity contribution in [2.75, 3.05) is 13.2 Å². The third kappa shape index (κ3) is 9.28. The van der Waals surface area contributed by atoms with E-state index in [0.717, 1.165) is 0 Å². The molecule has 0 saturated heterocycles. The molecule has 1 aliphatic rings. The van der Waals surface area contributed by atoms with Gasteiger partial charge in [-0.1, -0.05) is 12.1 Å². The third-order valence-electron chi connectivity index (χ3n) is 6.33. The highest BCUT2D eigenvalue weighted by Gasteiger charge is 2.39. The molecular formula is C32H38N6O10. The maximum Gasteiger partial charge on any atom is 0.437 e. The molecule has 16 heteroatoms. The van der Waals surface area contributed by atoms with E-state index < -0.39 is 53.9 Å². The zero-order valence-electron chi connectivity index (χ0n) is 27.5. The molecule has 0 aliphatic carbocycles. The lowest BCUT2D eigenvalue weighted by molar-refractivity contribution is -0.178. The molecule has 0 spiro atoms. The van der Waals surface area contributed by atoms with E-state index in [4.69, 9.17) is 19.0 Å². The molecule has 256 valence electrons. The average Bonchev–Trinajstić information content (AvgIpc) is 3.49. The van der Waals surface area contributed by atoms with Crippen LogP contribution in [0.25, 0.3) is 5.82 Å². The molecule has 0 unspecified atom stereocenters. The lowest BCUT2D eigenvalue weighted by Crippen LogP contribution is -2.41. The molecule has 0 fully saturated rings. The Morgan fingerprint density at radius 3 is 2.15 bits per heavy atom. The SMILES string of the molecule is CC(C)(C)OC(=O)/N=c1\n(CCCNC(=O)OC(C)(C)C)ccn1-c1ccc(OC[C@H](ON2C(=O)c3ccccc3C2=O)C(=O)O)cn1. The van der Waals surface area contributed by atoms with Gasteiger partial charge in [0.25, 0.3) is 11.8 Å². The van der Waals surface area contributed by atoms with Crippen LogP contribution in [0.3, 0.4) is 0 Å². The monoisotopic (exact) mass is 666 g/mol. The van der Waals surface area contributed by atoms with Crippen molar-refractivity contribution < 1.29 is 48.1 Å². The van der Waals surface area contributed by atoms with Gasteiger partial charge in [-0.3, -0.25) is 14.2 Å². The summed E-state index contributed by atoms with van der Waals surface area (Å²) in [6.45, 7) is 10.6. The van der Waals surface area contributed by atoms with Gasteiger partial charge in [-0.05, 0) is 72.2 Å². The molecule has 4 amide bonds. The van der Waals surface area contributed by atoms with Gasteiger partial charge < -0.3 is 29.2 Å². The number of ether oxygens (including phenoxy) is 3. The van der Waals surface area contributed by atoms with Crippen LogP contribution in [0.5, 0.6) is 5.75 Å². The van der Waals surface area contributed by atoms with Crippen molar-refractivity contribution in [3.05, 3.63) is 71.7 Å². The maximum absolute atomic E-state index is 12.7. The number of aryl methyl sites for hydroxylation is 1. The normalized spacial score (nSPS) is 14.0. The number of carboxylic acids is 1. The number of hydroxylamine groups is 2. The molecule has 3 aromatic rings. The number of pyridine rings is 1. The number of carbonyl (C=O) groups is 5. The van der Waals surface area contributed by atoms with Crippen LogP contribution in [0.15, 0.2) is 60.0 Å². The Hall–Kier alpha value is -5.51. The van der Waals surface area contributed by atoms with E-state index >= 15 is 0 Å². The molecule has 3 heterocycles. The number of amides is 4. The van der Waals surface area contributed by atoms with E-state index in [1.807, 2.05) is 0 Å². The van der Waals surface area contributed by atoms with E-state index in [0.29, 0.717) is 30.4 Å². The second kappa shape index (κ2) is 14.5. The number of carboxylic acid groups (broad SMARTS) is 1. The Morgan fingerprint density at radius 1 is 0.938 bits per heavy atom. The quantitative estimate of drug-likeness (QED) is 0.225. The molecule has 4 rings (SSSR count). The second-order valence-electron chi connectivity index (χ2n) is 12.6. The number of hydrogen-bond donors (Lipinski definition) is 2. The number of nitrogens with zero attached hydrogens (tertiary/aromatic N) is 5. The van der Waals surface area contributed by atoms with Crippen molar-refractivity contribution in [1.82, 2.24) is 24.5 Å². The Labute approximate surface area is 275 Å². The number of benzene rings is 1. The van der Waals surface area contributed by atoms with Gasteiger partial charge in [-0.15, -0.1) is 10.1 Å². The molecule has 48 heavy (non-hydrogen) atoms. The topological polar surface area (TPSA) is 193 Å². The van der Waals surface area contributed by atoms with Crippen molar-refractivity contribution in [3.63, 3.8) is 0 Å². The summed E-state index contributed by atoms with van der Waals surface area (Å²) in [7, 11) is 0. The zero-order chi connectivity index (χ0) is 35.2. The predicted molar refractivity (Wildman–Crippen MR) is 167 cm³/mol. The van der Waals surface area contributed by atoms with Crippen LogP contribution < -0.4 is 15.7 Å². The molecule has 0 saturated carbocycles. The Kier molecular flexibility index (Phi) is 10.7. The lowest BCUT2D eigenvalue weighted by atomic mass is 10.1. The summed E-state index contributed by atoms with van der Waals surface area (Å²) < 4.78 is 19.4. The van der Waals surface area contributed by atoms with Crippen LogP contribution in [0.2, 0.25) is 0 Å². The van der Waals surface area contributed by atoms with Crippen LogP contribution in [0, 0.1) is 0 Å². The smallest absolute Gasteiger partial charge is 0.437 e. The molecule has 16 nitrogen and oxygen atoms in total. The standard InChI is InChI=1S/C32H38N6O10/c1-31(2,3)46-29(43)33-14-9-15-36-16-17-37(28(36)35-30(44)47-32(4,5)6)24-13-12-20(18-34-24)45-19-23(27(41)42)48-38-25(39)21-10-7-8-11-22(21)26(38)40/h7-8,10-13,16-18,23H,9,14-15,19H2,1-6H3,(H,33,43)(H,41,42)/b35-28+/t23-/m0/s1. The number of alkyl carbamates (subject to hydrolysis) is 1. The summed E-state index contributed by atoms with van der Waals surface area (Å²) in [5, 5.41) is 12.8. The van der Waals surface area contributed by atoms with Crippen molar-refractivity contribution in [1.29, 1.82) is 0 Å². The van der Waals surface area contributed by atoms with Gasteiger partial charge in [0, 0.05) is 25.5 Å². The van der Waals surface area contributed by atoms with Crippen molar-refractivity contribution in [3.8, 4) is 11.6 Å². The fraction of sp³-hybridized carbons (Fsp3) is 0.406. The lowest BCUT2D eigenvalue weighted by Gasteiger charge is -2.19. The molecule has 1 atom stereocenters. The summed E-state index contributed by atoms with van der Waals surface area (Å²) in [5.74, 6) is -2.50. The average molecular weight is 667 g/mol. The number of nitrogens with one attached hydrogen (secondary N) is 1. The van der Waals surface area contributed by atoms with Crippen LogP contribution >= 0.6 is 0 Å². The number of imidazole rings is 1. The van der Waals surface area contributed by atoms with Gasteiger partial charge in [0.2, 0.25) is 11.7 Å². The largest absolute Gasteiger partial charge is 0.489 e. The maximum atomic E-state index is 12.7. The summed E-state index contributed by atoms with van der Waals surface area (Å²) in [6.07, 6.45) is 2.09. The number of fused-ring (bicyclic) bond motifs is 1. The van der Waals surface area contributed by atoms with Crippen molar-refractivity contribution in [2.45, 2.75) is 71.8 Å². The number of rotatable bonds is 11. The fourth-order valence-corrected chi connectivity index (χ4v) is 4.32. The number of hydrogen-bond acceptors (Lipinski definition) is 10. The van der Waals surface area contributed by atoms with Crippen LogP contribution in [0.1, 0.15) is 68.7 Å². The first-order valence-electron chi connectivity index (χ1n) is 15.0. The molecule has 1 aromatic carbocycles. The fourth-order valence-electron chi connectivity index (χ4n) is 4.32. The minimum absolute atomic E-state index is 0.105. The van der Waals surface area contributed by atoms with E-state index in [2.05, 4.69) is 15.3 Å². The van der Waals surface area contributed by atoms with Crippen LogP contribution in [-0.2, 0) is 25.7 Å². The molecule has 0 bridgehead atoms. The third-order valence-corrected chi connectivity index (χ3v) is 6.33. The molecular weight excluding hydrogens is 628 g/mol. The minimum atomic E-state index is -1.70. The van der Waals surface area contributed by atoms with Gasteiger partial charge in [0.1, 0.15) is 29.4 Å². The summed E-state index contributed by atoms with van der Waals surface area (Å²) in [4.78, 5) is 75.5. The first-order chi connectivity index (χ1) is 22.5. The van der Waals surface area contributed by atoms with Gasteiger partial charge in [-0.25, -0.2) is 24.2 Å². The first kappa shape index (κ1) is 35.3. The Balaban J connectivity index is 1.46. The summed E-state index contributed by atoms with van der Waals surface area (Å²) >= 11 is 0. The molecule has 2 aromatic heterocycles. The highest BCUT2D eigenvalue weighted by molar-refractivity contribution is 6.20. The molecule has 0 radical (unpaired) electrons. The van der Waals surface area contributed by atoms with Gasteiger partial charge in [0.15, 0.2) is 0 Å².